The minimum Gasteiger partial charge on any atom is -0.456 e. The van der Waals surface area contributed by atoms with E-state index in [4.69, 9.17) is 19.4 Å². The molecule has 0 atom stereocenters. The van der Waals surface area contributed by atoms with Gasteiger partial charge in [0.05, 0.1) is 0 Å². The van der Waals surface area contributed by atoms with Gasteiger partial charge in [-0.15, -0.1) is 0 Å². The second-order valence-corrected chi connectivity index (χ2v) is 12.8. The Balaban J connectivity index is 1.08. The Morgan fingerprint density at radius 3 is 1.65 bits per heavy atom. The number of hydrogen-bond acceptors (Lipinski definition) is 4. The van der Waals surface area contributed by atoms with Crippen LogP contribution in [0.15, 0.2) is 180 Å². The molecule has 238 valence electrons. The maximum absolute atomic E-state index is 6.17. The molecule has 0 saturated carbocycles. The van der Waals surface area contributed by atoms with Gasteiger partial charge >= 0.3 is 0 Å². The summed E-state index contributed by atoms with van der Waals surface area (Å²) in [6, 6.07) is 61.1. The fourth-order valence-electron chi connectivity index (χ4n) is 7.16. The quantitative estimate of drug-likeness (QED) is 0.186. The second-order valence-electron chi connectivity index (χ2n) is 12.8. The summed E-state index contributed by atoms with van der Waals surface area (Å²) in [7, 11) is 0. The van der Waals surface area contributed by atoms with E-state index < -0.39 is 0 Å². The van der Waals surface area contributed by atoms with Gasteiger partial charge in [0.2, 0.25) is 0 Å². The van der Waals surface area contributed by atoms with Gasteiger partial charge in [0.15, 0.2) is 17.5 Å². The van der Waals surface area contributed by atoms with Crippen molar-refractivity contribution in [2.24, 2.45) is 0 Å². The van der Waals surface area contributed by atoms with E-state index in [2.05, 4.69) is 127 Å². The van der Waals surface area contributed by atoms with Crippen LogP contribution in [0.2, 0.25) is 0 Å². The van der Waals surface area contributed by atoms with Crippen LogP contribution >= 0.6 is 0 Å². The SMILES string of the molecule is c1ccc(-c2nc(-c3ccc(-c4ccc5c(c4)oc4ccccc45)cc3)nc(-c3ccc(-c4ccc5ccccc5c4)c4ccccc34)n2)cc1. The van der Waals surface area contributed by atoms with Gasteiger partial charge in [0.25, 0.3) is 0 Å². The van der Waals surface area contributed by atoms with Crippen LogP contribution < -0.4 is 0 Å². The molecule has 0 aliphatic carbocycles. The molecule has 51 heavy (non-hydrogen) atoms. The summed E-state index contributed by atoms with van der Waals surface area (Å²) in [5.41, 5.74) is 9.14. The van der Waals surface area contributed by atoms with Crippen LogP contribution in [0.25, 0.3) is 99.9 Å². The lowest BCUT2D eigenvalue weighted by atomic mass is 9.93. The predicted octanol–water partition coefficient (Wildman–Crippen LogP) is 12.4. The van der Waals surface area contributed by atoms with E-state index in [-0.39, 0.29) is 0 Å². The topological polar surface area (TPSA) is 51.8 Å². The first-order chi connectivity index (χ1) is 25.2. The Hall–Kier alpha value is -6.91. The molecule has 2 aromatic heterocycles. The number of aromatic nitrogens is 3. The summed E-state index contributed by atoms with van der Waals surface area (Å²) >= 11 is 0. The number of benzene rings is 8. The van der Waals surface area contributed by atoms with E-state index in [1.165, 1.54) is 21.9 Å². The molecule has 4 nitrogen and oxygen atoms in total. The van der Waals surface area contributed by atoms with Gasteiger partial charge in [-0.1, -0.05) is 146 Å². The predicted molar refractivity (Wildman–Crippen MR) is 209 cm³/mol. The molecule has 0 aliphatic heterocycles. The van der Waals surface area contributed by atoms with Crippen molar-refractivity contribution in [3.8, 4) is 56.4 Å². The van der Waals surface area contributed by atoms with Crippen LogP contribution in [-0.2, 0) is 0 Å². The van der Waals surface area contributed by atoms with Gasteiger partial charge in [0.1, 0.15) is 11.2 Å². The third-order valence-corrected chi connectivity index (χ3v) is 9.75. The molecule has 0 spiro atoms. The zero-order valence-corrected chi connectivity index (χ0v) is 27.5. The molecule has 0 fully saturated rings. The van der Waals surface area contributed by atoms with Gasteiger partial charge in [0, 0.05) is 27.5 Å². The number of hydrogen-bond donors (Lipinski definition) is 0. The van der Waals surface area contributed by atoms with Crippen LogP contribution in [0.3, 0.4) is 0 Å². The van der Waals surface area contributed by atoms with Crippen molar-refractivity contribution in [2.45, 2.75) is 0 Å². The number of fused-ring (bicyclic) bond motifs is 5. The Morgan fingerprint density at radius 2 is 0.843 bits per heavy atom. The Bertz CT molecular complexity index is 2910. The summed E-state index contributed by atoms with van der Waals surface area (Å²) in [4.78, 5) is 15.2. The van der Waals surface area contributed by atoms with Crippen molar-refractivity contribution < 1.29 is 4.42 Å². The molecule has 4 heteroatoms. The van der Waals surface area contributed by atoms with Crippen molar-refractivity contribution in [3.63, 3.8) is 0 Å². The summed E-state index contributed by atoms with van der Waals surface area (Å²) in [5, 5.41) is 6.95. The first kappa shape index (κ1) is 29.0. The highest BCUT2D eigenvalue weighted by Gasteiger charge is 2.17. The largest absolute Gasteiger partial charge is 0.456 e. The molecule has 0 bridgehead atoms. The highest BCUT2D eigenvalue weighted by atomic mass is 16.3. The van der Waals surface area contributed by atoms with E-state index in [0.29, 0.717) is 17.5 Å². The molecule has 0 saturated heterocycles. The molecule has 0 aliphatic rings. The molecular formula is C47H29N3O. The summed E-state index contributed by atoms with van der Waals surface area (Å²) in [6.07, 6.45) is 0. The van der Waals surface area contributed by atoms with Gasteiger partial charge in [-0.2, -0.15) is 0 Å². The highest BCUT2D eigenvalue weighted by Crippen LogP contribution is 2.37. The van der Waals surface area contributed by atoms with Crippen LogP contribution in [0, 0.1) is 0 Å². The Kier molecular flexibility index (Phi) is 6.78. The lowest BCUT2D eigenvalue weighted by molar-refractivity contribution is 0.669. The standard InChI is InChI=1S/C47H29N3O/c1-2-11-32(12-3-1)45-48-46(33-21-18-31(19-22-33)35-24-25-41-40-16-8-9-17-43(40)51-44(41)29-35)50-47(49-45)42-27-26-37(38-14-6-7-15-39(38)42)36-23-20-30-10-4-5-13-34(30)28-36/h1-29H. The minimum absolute atomic E-state index is 0.626. The Morgan fingerprint density at radius 1 is 0.294 bits per heavy atom. The van der Waals surface area contributed by atoms with Gasteiger partial charge in [-0.05, 0) is 74.1 Å². The molecule has 0 unspecified atom stereocenters. The Labute approximate surface area is 294 Å². The number of furan rings is 1. The normalized spacial score (nSPS) is 11.5. The number of rotatable bonds is 5. The molecule has 0 radical (unpaired) electrons. The van der Waals surface area contributed by atoms with Crippen molar-refractivity contribution in [2.75, 3.05) is 0 Å². The van der Waals surface area contributed by atoms with E-state index >= 15 is 0 Å². The van der Waals surface area contributed by atoms with E-state index in [1.54, 1.807) is 0 Å². The van der Waals surface area contributed by atoms with Gasteiger partial charge in [-0.25, -0.2) is 15.0 Å². The molecule has 2 heterocycles. The molecule has 10 aromatic rings. The van der Waals surface area contributed by atoms with Crippen molar-refractivity contribution in [1.29, 1.82) is 0 Å². The maximum Gasteiger partial charge on any atom is 0.164 e. The third-order valence-electron chi connectivity index (χ3n) is 9.75. The van der Waals surface area contributed by atoms with Gasteiger partial charge < -0.3 is 4.42 Å². The van der Waals surface area contributed by atoms with Crippen molar-refractivity contribution >= 4 is 43.5 Å². The van der Waals surface area contributed by atoms with Crippen molar-refractivity contribution in [1.82, 2.24) is 15.0 Å². The fraction of sp³-hybridized carbons (Fsp3) is 0. The fourth-order valence-corrected chi connectivity index (χ4v) is 7.16. The molecular weight excluding hydrogens is 623 g/mol. The monoisotopic (exact) mass is 651 g/mol. The lowest BCUT2D eigenvalue weighted by Gasteiger charge is -2.13. The molecule has 10 rings (SSSR count). The third kappa shape index (κ3) is 5.13. The minimum atomic E-state index is 0.626. The molecule has 8 aromatic carbocycles. The highest BCUT2D eigenvalue weighted by molar-refractivity contribution is 6.06. The summed E-state index contributed by atoms with van der Waals surface area (Å²) in [5.74, 6) is 1.90. The lowest BCUT2D eigenvalue weighted by Crippen LogP contribution is -2.00. The second kappa shape index (κ2) is 11.9. The maximum atomic E-state index is 6.17. The van der Waals surface area contributed by atoms with Crippen LogP contribution in [-0.4, -0.2) is 15.0 Å². The smallest absolute Gasteiger partial charge is 0.164 e. The van der Waals surface area contributed by atoms with Crippen LogP contribution in [0.5, 0.6) is 0 Å². The zero-order chi connectivity index (χ0) is 33.7. The average molecular weight is 652 g/mol. The van der Waals surface area contributed by atoms with E-state index in [1.807, 2.05) is 48.5 Å². The summed E-state index contributed by atoms with van der Waals surface area (Å²) in [6.45, 7) is 0. The average Bonchev–Trinajstić information content (AvgIpc) is 3.58. The van der Waals surface area contributed by atoms with Crippen LogP contribution in [0.4, 0.5) is 0 Å². The van der Waals surface area contributed by atoms with Gasteiger partial charge in [-0.3, -0.25) is 0 Å². The van der Waals surface area contributed by atoms with E-state index in [9.17, 15) is 0 Å². The summed E-state index contributed by atoms with van der Waals surface area (Å²) < 4.78 is 6.17. The van der Waals surface area contributed by atoms with Crippen molar-refractivity contribution in [3.05, 3.63) is 176 Å². The van der Waals surface area contributed by atoms with Crippen LogP contribution in [0.1, 0.15) is 0 Å². The number of nitrogens with zero attached hydrogens (tertiary/aromatic N) is 3. The zero-order valence-electron chi connectivity index (χ0n) is 27.5. The van der Waals surface area contributed by atoms with E-state index in [0.717, 1.165) is 60.5 Å². The molecule has 0 amide bonds. The first-order valence-electron chi connectivity index (χ1n) is 17.1. The molecule has 0 N–H and O–H groups in total. The first-order valence-corrected chi connectivity index (χ1v) is 17.1. The number of para-hydroxylation sites is 1.